The molecule has 0 aliphatic carbocycles. The highest BCUT2D eigenvalue weighted by Gasteiger charge is 2.10. The van der Waals surface area contributed by atoms with Gasteiger partial charge in [0, 0.05) is 11.8 Å². The molecule has 110 valence electrons. The molecule has 2 rings (SSSR count). The van der Waals surface area contributed by atoms with Crippen LogP contribution in [0.5, 0.6) is 5.75 Å². The van der Waals surface area contributed by atoms with Crippen molar-refractivity contribution in [1.82, 2.24) is 14.8 Å². The minimum Gasteiger partial charge on any atom is -0.485 e. The molecule has 7 heteroatoms. The van der Waals surface area contributed by atoms with Gasteiger partial charge in [0.1, 0.15) is 10.3 Å². The summed E-state index contributed by atoms with van der Waals surface area (Å²) >= 11 is 8.15. The van der Waals surface area contributed by atoms with Crippen molar-refractivity contribution in [2.24, 2.45) is 0 Å². The fourth-order valence-corrected chi connectivity index (χ4v) is 2.09. The smallest absolute Gasteiger partial charge is 0.289 e. The maximum absolute atomic E-state index is 12.0. The SMILES string of the molecule is C=C(C)Cn1ncc(OCc2ccc(I)nc2)c(Cl)c1=O. The number of aromatic nitrogens is 3. The molecule has 21 heavy (non-hydrogen) atoms. The zero-order valence-electron chi connectivity index (χ0n) is 11.3. The van der Waals surface area contributed by atoms with Gasteiger partial charge in [-0.05, 0) is 35.6 Å². The van der Waals surface area contributed by atoms with Crippen molar-refractivity contribution in [2.75, 3.05) is 0 Å². The highest BCUT2D eigenvalue weighted by molar-refractivity contribution is 14.1. The third-order valence-corrected chi connectivity index (χ3v) is 3.54. The summed E-state index contributed by atoms with van der Waals surface area (Å²) < 4.78 is 7.69. The molecule has 0 saturated heterocycles. The lowest BCUT2D eigenvalue weighted by Gasteiger charge is -2.09. The van der Waals surface area contributed by atoms with Crippen LogP contribution in [0.2, 0.25) is 5.02 Å². The van der Waals surface area contributed by atoms with Gasteiger partial charge < -0.3 is 4.74 Å². The van der Waals surface area contributed by atoms with Crippen LogP contribution in [0.1, 0.15) is 12.5 Å². The van der Waals surface area contributed by atoms with Crippen LogP contribution < -0.4 is 10.3 Å². The standard InChI is InChI=1S/C14H13ClIN3O2/c1-9(2)7-19-14(20)13(15)11(6-18-19)21-8-10-3-4-12(16)17-5-10/h3-6H,1,7-8H2,2H3. The Balaban J connectivity index is 2.14. The lowest BCUT2D eigenvalue weighted by molar-refractivity contribution is 0.302. The van der Waals surface area contributed by atoms with Gasteiger partial charge in [0.2, 0.25) is 0 Å². The predicted molar refractivity (Wildman–Crippen MR) is 89.6 cm³/mol. The Morgan fingerprint density at radius 2 is 2.24 bits per heavy atom. The third-order valence-electron chi connectivity index (χ3n) is 2.56. The van der Waals surface area contributed by atoms with E-state index in [1.807, 2.05) is 19.1 Å². The Bertz CT molecular complexity index is 713. The maximum Gasteiger partial charge on any atom is 0.289 e. The normalized spacial score (nSPS) is 10.4. The van der Waals surface area contributed by atoms with Crippen molar-refractivity contribution < 1.29 is 4.74 Å². The highest BCUT2D eigenvalue weighted by Crippen LogP contribution is 2.19. The van der Waals surface area contributed by atoms with E-state index >= 15 is 0 Å². The second kappa shape index (κ2) is 7.04. The fraction of sp³-hybridized carbons (Fsp3) is 0.214. The quantitative estimate of drug-likeness (QED) is 0.426. The lowest BCUT2D eigenvalue weighted by atomic mass is 10.3. The summed E-state index contributed by atoms with van der Waals surface area (Å²) in [6, 6.07) is 3.78. The van der Waals surface area contributed by atoms with E-state index in [2.05, 4.69) is 39.3 Å². The van der Waals surface area contributed by atoms with Crippen molar-refractivity contribution in [3.63, 3.8) is 0 Å². The first-order valence-electron chi connectivity index (χ1n) is 6.10. The van der Waals surface area contributed by atoms with Crippen molar-refractivity contribution in [3.8, 4) is 5.75 Å². The van der Waals surface area contributed by atoms with Gasteiger partial charge in [-0.25, -0.2) is 9.67 Å². The van der Waals surface area contributed by atoms with E-state index in [0.29, 0.717) is 6.54 Å². The second-order valence-electron chi connectivity index (χ2n) is 4.52. The van der Waals surface area contributed by atoms with Gasteiger partial charge in [-0.3, -0.25) is 4.79 Å². The molecule has 0 atom stereocenters. The molecule has 0 aromatic carbocycles. The van der Waals surface area contributed by atoms with E-state index in [1.165, 1.54) is 10.9 Å². The molecule has 0 aliphatic heterocycles. The largest absolute Gasteiger partial charge is 0.485 e. The first-order valence-corrected chi connectivity index (χ1v) is 7.56. The number of rotatable bonds is 5. The van der Waals surface area contributed by atoms with Gasteiger partial charge in [0.05, 0.1) is 12.7 Å². The first-order chi connectivity index (χ1) is 9.97. The van der Waals surface area contributed by atoms with E-state index in [1.54, 1.807) is 6.20 Å². The van der Waals surface area contributed by atoms with E-state index < -0.39 is 5.56 Å². The molecule has 0 bridgehead atoms. The van der Waals surface area contributed by atoms with Crippen LogP contribution in [-0.2, 0) is 13.2 Å². The van der Waals surface area contributed by atoms with Crippen molar-refractivity contribution in [1.29, 1.82) is 0 Å². The third kappa shape index (κ3) is 4.28. The number of hydrogen-bond acceptors (Lipinski definition) is 4. The van der Waals surface area contributed by atoms with Gasteiger partial charge in [-0.15, -0.1) is 0 Å². The van der Waals surface area contributed by atoms with Crippen LogP contribution in [-0.4, -0.2) is 14.8 Å². The van der Waals surface area contributed by atoms with Crippen LogP contribution in [0.4, 0.5) is 0 Å². The monoisotopic (exact) mass is 417 g/mol. The summed E-state index contributed by atoms with van der Waals surface area (Å²) in [6.07, 6.45) is 3.15. The molecule has 0 aliphatic rings. The van der Waals surface area contributed by atoms with Gasteiger partial charge >= 0.3 is 0 Å². The van der Waals surface area contributed by atoms with Crippen molar-refractivity contribution >= 4 is 34.2 Å². The van der Waals surface area contributed by atoms with Gasteiger partial charge in [0.15, 0.2) is 10.8 Å². The Morgan fingerprint density at radius 1 is 1.48 bits per heavy atom. The van der Waals surface area contributed by atoms with Crippen LogP contribution in [0, 0.1) is 3.70 Å². The minimum atomic E-state index is -0.391. The lowest BCUT2D eigenvalue weighted by Crippen LogP contribution is -2.24. The number of allylic oxidation sites excluding steroid dienone is 1. The molecule has 0 saturated carbocycles. The highest BCUT2D eigenvalue weighted by atomic mass is 127. The van der Waals surface area contributed by atoms with Crippen molar-refractivity contribution in [3.05, 3.63) is 61.3 Å². The molecule has 2 aromatic rings. The fourth-order valence-electron chi connectivity index (χ4n) is 1.57. The number of nitrogens with zero attached hydrogens (tertiary/aromatic N) is 3. The van der Waals surface area contributed by atoms with Gasteiger partial charge in [0.25, 0.3) is 5.56 Å². The minimum absolute atomic E-state index is 0.0183. The molecule has 0 amide bonds. The van der Waals surface area contributed by atoms with Crippen LogP contribution in [0.25, 0.3) is 0 Å². The summed E-state index contributed by atoms with van der Waals surface area (Å²) in [5.41, 5.74) is 1.31. The summed E-state index contributed by atoms with van der Waals surface area (Å²) in [5.74, 6) is 0.262. The molecule has 2 aromatic heterocycles. The molecule has 0 spiro atoms. The van der Waals surface area contributed by atoms with E-state index in [9.17, 15) is 4.79 Å². The number of hydrogen-bond donors (Lipinski definition) is 0. The molecule has 0 N–H and O–H groups in total. The zero-order valence-corrected chi connectivity index (χ0v) is 14.3. The van der Waals surface area contributed by atoms with E-state index in [-0.39, 0.29) is 17.4 Å². The van der Waals surface area contributed by atoms with Gasteiger partial charge in [-0.1, -0.05) is 29.8 Å². The summed E-state index contributed by atoms with van der Waals surface area (Å²) in [6.45, 7) is 6.17. The molecule has 0 fully saturated rings. The Morgan fingerprint density at radius 3 is 2.86 bits per heavy atom. The van der Waals surface area contributed by atoms with Gasteiger partial charge in [-0.2, -0.15) is 5.10 Å². The number of halogens is 2. The topological polar surface area (TPSA) is 57.0 Å². The number of ether oxygens (including phenoxy) is 1. The Hall–Kier alpha value is -1.41. The van der Waals surface area contributed by atoms with Crippen LogP contribution in [0.15, 0.2) is 41.5 Å². The average molecular weight is 418 g/mol. The first kappa shape index (κ1) is 16.0. The second-order valence-corrected chi connectivity index (χ2v) is 6.00. The maximum atomic E-state index is 12.0. The molecular formula is C14H13ClIN3O2. The molecule has 0 radical (unpaired) electrons. The molecule has 0 unspecified atom stereocenters. The average Bonchev–Trinajstić information content (AvgIpc) is 2.44. The molecule has 5 nitrogen and oxygen atoms in total. The van der Waals surface area contributed by atoms with Crippen molar-refractivity contribution in [2.45, 2.75) is 20.1 Å². The Kier molecular flexibility index (Phi) is 5.35. The van der Waals surface area contributed by atoms with E-state index in [0.717, 1.165) is 14.8 Å². The summed E-state index contributed by atoms with van der Waals surface area (Å²) in [4.78, 5) is 16.2. The number of pyridine rings is 1. The Labute approximate surface area is 140 Å². The molecular weight excluding hydrogens is 405 g/mol. The predicted octanol–water partition coefficient (Wildman–Crippen LogP) is 3.05. The summed E-state index contributed by atoms with van der Waals surface area (Å²) in [5, 5.41) is 4.04. The zero-order chi connectivity index (χ0) is 15.4. The molecule has 2 heterocycles. The van der Waals surface area contributed by atoms with E-state index in [4.69, 9.17) is 16.3 Å². The summed E-state index contributed by atoms with van der Waals surface area (Å²) in [7, 11) is 0. The van der Waals surface area contributed by atoms with Crippen LogP contribution in [0.3, 0.4) is 0 Å². The van der Waals surface area contributed by atoms with Crippen LogP contribution >= 0.6 is 34.2 Å².